The van der Waals surface area contributed by atoms with Crippen LogP contribution in [0.1, 0.15) is 67.8 Å². The molecule has 1 atom stereocenters. The number of hydrogen-bond donors (Lipinski definition) is 1. The first-order valence-electron chi connectivity index (χ1n) is 12.0. The van der Waals surface area contributed by atoms with Crippen molar-refractivity contribution in [2.75, 3.05) is 19.0 Å². The second kappa shape index (κ2) is 13.1. The van der Waals surface area contributed by atoms with Gasteiger partial charge in [-0.3, -0.25) is 9.59 Å². The second-order valence-corrected chi connectivity index (χ2v) is 9.09. The van der Waals surface area contributed by atoms with Gasteiger partial charge in [-0.05, 0) is 62.8 Å². The number of benzene rings is 2. The molecular weight excluding hydrogens is 470 g/mol. The number of ether oxygens (including phenoxy) is 3. The van der Waals surface area contributed by atoms with Gasteiger partial charge in [0.15, 0.2) is 6.61 Å². The summed E-state index contributed by atoms with van der Waals surface area (Å²) >= 11 is 6.10. The van der Waals surface area contributed by atoms with Gasteiger partial charge < -0.3 is 19.5 Å². The van der Waals surface area contributed by atoms with Crippen LogP contribution in [0.5, 0.6) is 11.5 Å². The number of fused-ring (bicyclic) bond motifs is 1. The predicted octanol–water partition coefficient (Wildman–Crippen LogP) is 5.77. The molecule has 188 valence electrons. The number of para-hydroxylation sites is 1. The lowest BCUT2D eigenvalue weighted by atomic mass is 9.98. The lowest BCUT2D eigenvalue weighted by Crippen LogP contribution is -2.21. The fourth-order valence-corrected chi connectivity index (χ4v) is 4.23. The molecule has 1 aliphatic heterocycles. The van der Waals surface area contributed by atoms with E-state index in [9.17, 15) is 14.4 Å². The number of esters is 1. The molecule has 0 aliphatic carbocycles. The number of Topliss-reactive ketones (excluding diaryl/α,β-unsaturated/α-hetero) is 1. The van der Waals surface area contributed by atoms with Crippen molar-refractivity contribution >= 4 is 34.9 Å². The Bertz CT molecular complexity index is 1050. The van der Waals surface area contributed by atoms with Crippen molar-refractivity contribution in [1.82, 2.24) is 0 Å². The maximum absolute atomic E-state index is 13.1. The van der Waals surface area contributed by atoms with Crippen LogP contribution >= 0.6 is 11.6 Å². The summed E-state index contributed by atoms with van der Waals surface area (Å²) in [7, 11) is 1.48. The number of methoxy groups -OCH3 is 1. The molecule has 8 heteroatoms. The molecule has 1 aliphatic rings. The quantitative estimate of drug-likeness (QED) is 0.523. The number of hydrogen-bond acceptors (Lipinski definition) is 6. The molecule has 7 nitrogen and oxygen atoms in total. The van der Waals surface area contributed by atoms with Crippen LogP contribution in [0.4, 0.5) is 5.69 Å². The summed E-state index contributed by atoms with van der Waals surface area (Å²) in [6.07, 6.45) is 5.17. The molecule has 2 aromatic rings. The van der Waals surface area contributed by atoms with Crippen LogP contribution in [-0.4, -0.2) is 37.5 Å². The molecule has 35 heavy (non-hydrogen) atoms. The molecule has 0 saturated carbocycles. The fraction of sp³-hybridized carbons (Fsp3) is 0.444. The standard InChI is InChI=1S/C27H32ClNO6/c1-18-9-8-12-20(30)11-5-3-4-10-19-15-21(16-24(33-2)26(19)27(32)35-18)34-17-25(31)29-23-14-7-6-13-22(23)28/h6-7,13-16,18H,3-5,8-12,17H2,1-2H3,(H,29,31)/t18-/m0/s1. The van der Waals surface area contributed by atoms with Crippen LogP contribution in [0.3, 0.4) is 0 Å². The molecule has 0 radical (unpaired) electrons. The van der Waals surface area contributed by atoms with Crippen molar-refractivity contribution in [2.45, 2.75) is 64.4 Å². The average molecular weight is 502 g/mol. The summed E-state index contributed by atoms with van der Waals surface area (Å²) in [6, 6.07) is 10.3. The third-order valence-corrected chi connectivity index (χ3v) is 6.21. The summed E-state index contributed by atoms with van der Waals surface area (Å²) in [5, 5.41) is 3.15. The van der Waals surface area contributed by atoms with Gasteiger partial charge in [0, 0.05) is 18.9 Å². The first kappa shape index (κ1) is 26.5. The Morgan fingerprint density at radius 3 is 2.60 bits per heavy atom. The molecule has 0 fully saturated rings. The van der Waals surface area contributed by atoms with Gasteiger partial charge in [0.1, 0.15) is 22.8 Å². The monoisotopic (exact) mass is 501 g/mol. The first-order valence-corrected chi connectivity index (χ1v) is 12.4. The number of aryl methyl sites for hydroxylation is 1. The van der Waals surface area contributed by atoms with Gasteiger partial charge in [0.2, 0.25) is 0 Å². The molecule has 0 unspecified atom stereocenters. The largest absolute Gasteiger partial charge is 0.496 e. The van der Waals surface area contributed by atoms with E-state index in [1.54, 1.807) is 36.4 Å². The van der Waals surface area contributed by atoms with E-state index in [2.05, 4.69) is 5.32 Å². The molecule has 1 N–H and O–H groups in total. The average Bonchev–Trinajstić information content (AvgIpc) is 2.83. The second-order valence-electron chi connectivity index (χ2n) is 8.68. The maximum Gasteiger partial charge on any atom is 0.342 e. The van der Waals surface area contributed by atoms with Crippen molar-refractivity contribution < 1.29 is 28.6 Å². The van der Waals surface area contributed by atoms with Crippen molar-refractivity contribution in [2.24, 2.45) is 0 Å². The first-order chi connectivity index (χ1) is 16.9. The third kappa shape index (κ3) is 7.99. The highest BCUT2D eigenvalue weighted by Gasteiger charge is 2.23. The van der Waals surface area contributed by atoms with Gasteiger partial charge in [-0.2, -0.15) is 0 Å². The van der Waals surface area contributed by atoms with Crippen LogP contribution in [0.2, 0.25) is 5.02 Å². The number of nitrogens with one attached hydrogen (secondary N) is 1. The van der Waals surface area contributed by atoms with Gasteiger partial charge in [-0.25, -0.2) is 4.79 Å². The van der Waals surface area contributed by atoms with Crippen molar-refractivity contribution in [1.29, 1.82) is 0 Å². The number of cyclic esters (lactones) is 1. The molecule has 1 amide bonds. The topological polar surface area (TPSA) is 90.9 Å². The van der Waals surface area contributed by atoms with Crippen LogP contribution in [0, 0.1) is 0 Å². The Hall–Kier alpha value is -3.06. The number of ketones is 1. The highest BCUT2D eigenvalue weighted by atomic mass is 35.5. The summed E-state index contributed by atoms with van der Waals surface area (Å²) in [5.74, 6) is 0.176. The van der Waals surface area contributed by atoms with Gasteiger partial charge >= 0.3 is 5.97 Å². The van der Waals surface area contributed by atoms with Crippen LogP contribution < -0.4 is 14.8 Å². The minimum Gasteiger partial charge on any atom is -0.496 e. The summed E-state index contributed by atoms with van der Waals surface area (Å²) < 4.78 is 16.9. The Morgan fingerprint density at radius 1 is 1.09 bits per heavy atom. The van der Waals surface area contributed by atoms with Crippen molar-refractivity contribution in [3.05, 3.63) is 52.5 Å². The van der Waals surface area contributed by atoms with Crippen LogP contribution in [0.25, 0.3) is 0 Å². The van der Waals surface area contributed by atoms with Gasteiger partial charge in [0.05, 0.1) is 23.9 Å². The van der Waals surface area contributed by atoms with E-state index in [4.69, 9.17) is 25.8 Å². The lowest BCUT2D eigenvalue weighted by Gasteiger charge is -2.19. The highest BCUT2D eigenvalue weighted by Crippen LogP contribution is 2.32. The van der Waals surface area contributed by atoms with Crippen molar-refractivity contribution in [3.8, 4) is 11.5 Å². The maximum atomic E-state index is 13.1. The smallest absolute Gasteiger partial charge is 0.342 e. The molecule has 0 saturated heterocycles. The normalized spacial score (nSPS) is 17.5. The van der Waals surface area contributed by atoms with Gasteiger partial charge in [0.25, 0.3) is 5.91 Å². The summed E-state index contributed by atoms with van der Waals surface area (Å²) in [6.45, 7) is 1.59. The molecular formula is C27H32ClNO6. The molecule has 3 rings (SSSR count). The van der Waals surface area contributed by atoms with E-state index < -0.39 is 5.97 Å². The third-order valence-electron chi connectivity index (χ3n) is 5.88. The van der Waals surface area contributed by atoms with E-state index in [1.165, 1.54) is 7.11 Å². The Balaban J connectivity index is 1.78. The number of carbonyl (C=O) groups is 3. The SMILES string of the molecule is COc1cc(OCC(=O)Nc2ccccc2Cl)cc2c1C(=O)O[C@@H](C)CCCC(=O)CCCCC2. The zero-order chi connectivity index (χ0) is 25.2. The number of carbonyl (C=O) groups excluding carboxylic acids is 3. The summed E-state index contributed by atoms with van der Waals surface area (Å²) in [5.41, 5.74) is 1.60. The Labute approximate surface area is 211 Å². The number of anilines is 1. The van der Waals surface area contributed by atoms with E-state index in [-0.39, 0.29) is 24.4 Å². The predicted molar refractivity (Wildman–Crippen MR) is 134 cm³/mol. The van der Waals surface area contributed by atoms with Crippen LogP contribution in [0.15, 0.2) is 36.4 Å². The molecule has 1 heterocycles. The number of amides is 1. The lowest BCUT2D eigenvalue weighted by molar-refractivity contribution is -0.119. The van der Waals surface area contributed by atoms with Crippen molar-refractivity contribution in [3.63, 3.8) is 0 Å². The molecule has 0 spiro atoms. The zero-order valence-electron chi connectivity index (χ0n) is 20.2. The number of halogens is 1. The minimum absolute atomic E-state index is 0.239. The minimum atomic E-state index is -0.462. The fourth-order valence-electron chi connectivity index (χ4n) is 4.04. The van der Waals surface area contributed by atoms with E-state index >= 15 is 0 Å². The highest BCUT2D eigenvalue weighted by molar-refractivity contribution is 6.33. The van der Waals surface area contributed by atoms with Crippen LogP contribution in [-0.2, 0) is 20.7 Å². The van der Waals surface area contributed by atoms with E-state index in [1.807, 2.05) is 6.92 Å². The van der Waals surface area contributed by atoms with E-state index in [0.29, 0.717) is 59.9 Å². The Morgan fingerprint density at radius 2 is 1.83 bits per heavy atom. The molecule has 0 aromatic heterocycles. The zero-order valence-corrected chi connectivity index (χ0v) is 21.0. The molecule has 2 aromatic carbocycles. The van der Waals surface area contributed by atoms with Gasteiger partial charge in [-0.1, -0.05) is 30.2 Å². The Kier molecular flexibility index (Phi) is 9.97. The number of rotatable bonds is 5. The summed E-state index contributed by atoms with van der Waals surface area (Å²) in [4.78, 5) is 37.5. The van der Waals surface area contributed by atoms with Gasteiger partial charge in [-0.15, -0.1) is 0 Å². The van der Waals surface area contributed by atoms with E-state index in [0.717, 1.165) is 24.8 Å². The molecule has 0 bridgehead atoms.